The van der Waals surface area contributed by atoms with Crippen molar-refractivity contribution in [1.82, 2.24) is 24.8 Å². The molecule has 0 unspecified atom stereocenters. The van der Waals surface area contributed by atoms with E-state index in [1.807, 2.05) is 20.8 Å². The number of aryl methyl sites for hydroxylation is 1. The molecule has 0 aliphatic rings. The number of carbonyl (C=O) groups excluding carboxylic acids is 1. The average molecular weight is 491 g/mol. The molecule has 0 radical (unpaired) electrons. The van der Waals surface area contributed by atoms with Crippen LogP contribution in [-0.4, -0.2) is 44.3 Å². The maximum Gasteiger partial charge on any atom is 0.407 e. The Morgan fingerprint density at radius 3 is 2.62 bits per heavy atom. The first-order chi connectivity index (χ1) is 15.9. The number of rotatable bonds is 6. The lowest BCUT2D eigenvalue weighted by Gasteiger charge is -2.20. The quantitative estimate of drug-likeness (QED) is 0.390. The number of anilines is 1. The van der Waals surface area contributed by atoms with Gasteiger partial charge < -0.3 is 15.4 Å². The van der Waals surface area contributed by atoms with Crippen LogP contribution in [0.25, 0.3) is 16.7 Å². The number of nitrogens with zero attached hydrogens (tertiary/aromatic N) is 4. The fraction of sp³-hybridized carbons (Fsp3) is 0.435. The summed E-state index contributed by atoms with van der Waals surface area (Å²) < 4.78 is 20.9. The second-order valence-corrected chi connectivity index (χ2v) is 9.44. The Hall–Kier alpha value is -3.27. The molecule has 3 aromatic heterocycles. The lowest BCUT2D eigenvalue weighted by Crippen LogP contribution is -2.35. The van der Waals surface area contributed by atoms with Gasteiger partial charge in [-0.1, -0.05) is 25.4 Å². The number of pyridine rings is 2. The van der Waals surface area contributed by atoms with E-state index in [4.69, 9.17) is 16.3 Å². The molecule has 0 fully saturated rings. The van der Waals surface area contributed by atoms with Crippen molar-refractivity contribution >= 4 is 34.5 Å². The van der Waals surface area contributed by atoms with Crippen molar-refractivity contribution < 1.29 is 13.9 Å². The smallest absolute Gasteiger partial charge is 0.407 e. The fourth-order valence-electron chi connectivity index (χ4n) is 3.38. The first kappa shape index (κ1) is 25.4. The molecule has 0 aromatic carbocycles. The summed E-state index contributed by atoms with van der Waals surface area (Å²) in [5.74, 6) is -0.620. The molecule has 0 spiro atoms. The zero-order valence-electron chi connectivity index (χ0n) is 20.0. The summed E-state index contributed by atoms with van der Waals surface area (Å²) in [4.78, 5) is 37.8. The molecule has 9 nitrogen and oxygen atoms in total. The van der Waals surface area contributed by atoms with Crippen molar-refractivity contribution in [2.75, 3.05) is 18.4 Å². The predicted molar refractivity (Wildman–Crippen MR) is 129 cm³/mol. The molecule has 11 heteroatoms. The molecule has 0 aliphatic heterocycles. The minimum atomic E-state index is -0.747. The Kier molecular flexibility index (Phi) is 7.40. The van der Waals surface area contributed by atoms with Gasteiger partial charge in [0.05, 0.1) is 16.8 Å². The molecule has 3 aromatic rings. The van der Waals surface area contributed by atoms with Crippen LogP contribution in [0.3, 0.4) is 0 Å². The zero-order valence-corrected chi connectivity index (χ0v) is 20.7. The van der Waals surface area contributed by atoms with Crippen LogP contribution >= 0.6 is 11.6 Å². The topological polar surface area (TPSA) is 111 Å². The minimum Gasteiger partial charge on any atom is -0.444 e. The second kappa shape index (κ2) is 9.92. The second-order valence-electron chi connectivity index (χ2n) is 9.08. The molecule has 34 heavy (non-hydrogen) atoms. The fourth-order valence-corrected chi connectivity index (χ4v) is 3.51. The van der Waals surface area contributed by atoms with Gasteiger partial charge in [0.15, 0.2) is 16.6 Å². The molecule has 0 saturated heterocycles. The molecule has 2 N–H and O–H groups in total. The van der Waals surface area contributed by atoms with Crippen molar-refractivity contribution in [2.45, 2.75) is 53.1 Å². The summed E-state index contributed by atoms with van der Waals surface area (Å²) in [5.41, 5.74) is 0.897. The molecule has 1 amide bonds. The van der Waals surface area contributed by atoms with Crippen LogP contribution in [0.4, 0.5) is 15.0 Å². The average Bonchev–Trinajstić information content (AvgIpc) is 2.72. The summed E-state index contributed by atoms with van der Waals surface area (Å²) in [5, 5.41) is 5.46. The van der Waals surface area contributed by atoms with Crippen molar-refractivity contribution in [3.8, 4) is 5.69 Å². The van der Waals surface area contributed by atoms with Crippen molar-refractivity contribution in [1.29, 1.82) is 0 Å². The van der Waals surface area contributed by atoms with E-state index in [2.05, 4.69) is 25.6 Å². The van der Waals surface area contributed by atoms with Gasteiger partial charge in [0, 0.05) is 19.3 Å². The van der Waals surface area contributed by atoms with E-state index >= 15 is 0 Å². The summed E-state index contributed by atoms with van der Waals surface area (Å²) in [6.07, 6.45) is 1.10. The van der Waals surface area contributed by atoms with Gasteiger partial charge in [-0.2, -0.15) is 4.98 Å². The van der Waals surface area contributed by atoms with Crippen LogP contribution in [0.2, 0.25) is 5.15 Å². The molecule has 0 bridgehead atoms. The van der Waals surface area contributed by atoms with Crippen LogP contribution in [-0.2, 0) is 4.74 Å². The number of carbonyl (C=O) groups is 1. The van der Waals surface area contributed by atoms with Crippen LogP contribution in [0.1, 0.15) is 51.8 Å². The maximum atomic E-state index is 14.4. The van der Waals surface area contributed by atoms with Crippen molar-refractivity contribution in [3.05, 3.63) is 51.0 Å². The van der Waals surface area contributed by atoms with Gasteiger partial charge in [-0.3, -0.25) is 4.98 Å². The van der Waals surface area contributed by atoms with Gasteiger partial charge >= 0.3 is 11.8 Å². The normalized spacial score (nSPS) is 11.7. The van der Waals surface area contributed by atoms with Crippen molar-refractivity contribution in [3.63, 3.8) is 0 Å². The number of halogens is 2. The van der Waals surface area contributed by atoms with E-state index in [-0.39, 0.29) is 41.0 Å². The number of nitrogens with one attached hydrogen (secondary N) is 2. The standard InChI is InChI=1S/C23H28ClFN6O3/c1-12(2)16-17(13(3)7-8-26-16)31-20-14(11-15(25)18(24)29-20)19(30-21(31)32)27-9-10-28-22(33)34-23(4,5)6/h7-8,11-12H,9-10H2,1-6H3,(H,28,33)(H,27,30,32). The predicted octanol–water partition coefficient (Wildman–Crippen LogP) is 4.34. The number of alkyl carbamates (subject to hydrolysis) is 1. The molecular formula is C23H28ClFN6O3. The molecule has 0 aliphatic carbocycles. The Morgan fingerprint density at radius 2 is 1.97 bits per heavy atom. The third-order valence-corrected chi connectivity index (χ3v) is 5.05. The molecule has 0 saturated carbocycles. The van der Waals surface area contributed by atoms with Gasteiger partial charge in [0.1, 0.15) is 11.4 Å². The number of ether oxygens (including phenoxy) is 1. The van der Waals surface area contributed by atoms with Crippen LogP contribution in [0.15, 0.2) is 23.1 Å². The van der Waals surface area contributed by atoms with E-state index in [0.717, 1.165) is 5.56 Å². The summed E-state index contributed by atoms with van der Waals surface area (Å²) in [6.45, 7) is 11.4. The Morgan fingerprint density at radius 1 is 1.26 bits per heavy atom. The summed E-state index contributed by atoms with van der Waals surface area (Å²) >= 11 is 5.99. The highest BCUT2D eigenvalue weighted by molar-refractivity contribution is 6.30. The number of fused-ring (bicyclic) bond motifs is 1. The maximum absolute atomic E-state index is 14.4. The van der Waals surface area contributed by atoms with Crippen molar-refractivity contribution in [2.24, 2.45) is 0 Å². The number of aromatic nitrogens is 4. The SMILES string of the molecule is Cc1ccnc(C(C)C)c1-n1c(=O)nc(NCCNC(=O)OC(C)(C)C)c2cc(F)c(Cl)nc21. The molecule has 182 valence electrons. The first-order valence-corrected chi connectivity index (χ1v) is 11.2. The lowest BCUT2D eigenvalue weighted by molar-refractivity contribution is 0.0530. The molecule has 0 atom stereocenters. The Balaban J connectivity index is 2.03. The monoisotopic (exact) mass is 490 g/mol. The van der Waals surface area contributed by atoms with Crippen LogP contribution < -0.4 is 16.3 Å². The van der Waals surface area contributed by atoms with E-state index in [1.54, 1.807) is 33.0 Å². The highest BCUT2D eigenvalue weighted by Crippen LogP contribution is 2.29. The number of amides is 1. The lowest BCUT2D eigenvalue weighted by atomic mass is 10.0. The Bertz CT molecular complexity index is 1290. The third kappa shape index (κ3) is 5.61. The van der Waals surface area contributed by atoms with Gasteiger partial charge in [-0.05, 0) is 51.3 Å². The third-order valence-electron chi connectivity index (χ3n) is 4.79. The molecule has 3 rings (SSSR count). The van der Waals surface area contributed by atoms with Gasteiger partial charge in [-0.15, -0.1) is 0 Å². The highest BCUT2D eigenvalue weighted by Gasteiger charge is 2.21. The summed E-state index contributed by atoms with van der Waals surface area (Å²) in [6, 6.07) is 2.96. The van der Waals surface area contributed by atoms with Crippen LogP contribution in [0.5, 0.6) is 0 Å². The van der Waals surface area contributed by atoms with E-state index in [1.165, 1.54) is 10.6 Å². The van der Waals surface area contributed by atoms with Gasteiger partial charge in [0.25, 0.3) is 0 Å². The number of hydrogen-bond donors (Lipinski definition) is 2. The van der Waals surface area contributed by atoms with E-state index < -0.39 is 23.2 Å². The Labute approximate surface area is 201 Å². The largest absolute Gasteiger partial charge is 0.444 e. The first-order valence-electron chi connectivity index (χ1n) is 10.8. The number of hydrogen-bond acceptors (Lipinski definition) is 7. The summed E-state index contributed by atoms with van der Waals surface area (Å²) in [7, 11) is 0. The molecular weight excluding hydrogens is 463 g/mol. The van der Waals surface area contributed by atoms with Crippen LogP contribution in [0, 0.1) is 12.7 Å². The minimum absolute atomic E-state index is 0.00417. The van der Waals surface area contributed by atoms with E-state index in [0.29, 0.717) is 11.4 Å². The zero-order chi connectivity index (χ0) is 25.2. The highest BCUT2D eigenvalue weighted by atomic mass is 35.5. The van der Waals surface area contributed by atoms with Gasteiger partial charge in [-0.25, -0.2) is 23.5 Å². The van der Waals surface area contributed by atoms with E-state index in [9.17, 15) is 14.0 Å². The van der Waals surface area contributed by atoms with Gasteiger partial charge in [0.2, 0.25) is 0 Å². The molecule has 3 heterocycles.